The van der Waals surface area contributed by atoms with Gasteiger partial charge in [0.1, 0.15) is 18.2 Å². The van der Waals surface area contributed by atoms with Gasteiger partial charge in [0.15, 0.2) is 0 Å². The number of hydrogen-bond donors (Lipinski definition) is 2. The van der Waals surface area contributed by atoms with Crippen molar-refractivity contribution in [3.63, 3.8) is 0 Å². The smallest absolute Gasteiger partial charge is 0.279 e. The maximum atomic E-state index is 13.6. The van der Waals surface area contributed by atoms with E-state index in [0.717, 1.165) is 21.8 Å². The average molecular weight is 368 g/mol. The van der Waals surface area contributed by atoms with E-state index in [1.165, 1.54) is 29.5 Å². The summed E-state index contributed by atoms with van der Waals surface area (Å²) in [5.74, 6) is -1.06. The van der Waals surface area contributed by atoms with E-state index < -0.39 is 17.6 Å². The third-order valence-electron chi connectivity index (χ3n) is 3.96. The molecule has 2 aromatic carbocycles. The molecule has 3 aromatic rings. The maximum absolute atomic E-state index is 13.6. The third-order valence-corrected chi connectivity index (χ3v) is 5.17. The van der Waals surface area contributed by atoms with E-state index in [1.807, 2.05) is 24.3 Å². The van der Waals surface area contributed by atoms with Crippen molar-refractivity contribution in [1.29, 1.82) is 0 Å². The van der Waals surface area contributed by atoms with Crippen molar-refractivity contribution in [3.8, 4) is 16.2 Å². The lowest BCUT2D eigenvalue weighted by Crippen LogP contribution is -2.41. The lowest BCUT2D eigenvalue weighted by molar-refractivity contribution is 0.0846. The number of halogens is 1. The molecule has 1 aliphatic heterocycles. The van der Waals surface area contributed by atoms with Crippen molar-refractivity contribution >= 4 is 23.2 Å². The van der Waals surface area contributed by atoms with E-state index in [-0.39, 0.29) is 5.56 Å². The third kappa shape index (κ3) is 2.93. The number of para-hydroxylation sites is 1. The highest BCUT2D eigenvalue weighted by molar-refractivity contribution is 7.17. The Balaban J connectivity index is 1.50. The van der Waals surface area contributed by atoms with Crippen molar-refractivity contribution < 1.29 is 18.7 Å². The maximum Gasteiger partial charge on any atom is 0.279 e. The van der Waals surface area contributed by atoms with Crippen LogP contribution in [-0.2, 0) is 6.61 Å². The molecule has 0 radical (unpaired) electrons. The minimum Gasteiger partial charge on any atom is -0.488 e. The zero-order chi connectivity index (χ0) is 18.1. The van der Waals surface area contributed by atoms with Gasteiger partial charge in [-0.05, 0) is 30.3 Å². The molecule has 2 heterocycles. The van der Waals surface area contributed by atoms with Crippen LogP contribution in [0.4, 0.5) is 4.39 Å². The Morgan fingerprint density at radius 2 is 1.73 bits per heavy atom. The van der Waals surface area contributed by atoms with Crippen LogP contribution in [-0.4, -0.2) is 11.8 Å². The molecular weight excluding hydrogens is 355 g/mol. The molecule has 26 heavy (non-hydrogen) atoms. The van der Waals surface area contributed by atoms with Gasteiger partial charge < -0.3 is 4.74 Å². The Hall–Kier alpha value is -3.19. The molecule has 0 saturated heterocycles. The minimum atomic E-state index is -0.716. The molecular formula is C19H13FN2O3S. The number of hydrazine groups is 1. The standard InChI is InChI=1S/C19H13FN2O3S/c20-14-7-3-1-5-12(14)18(23)21-22-19(24)16-9-11-10-25-15-8-4-2-6-13(15)17(11)26-16/h1-9H,10H2,(H,21,23)(H,22,24). The summed E-state index contributed by atoms with van der Waals surface area (Å²) in [6.07, 6.45) is 0. The highest BCUT2D eigenvalue weighted by Crippen LogP contribution is 2.42. The molecule has 2 N–H and O–H groups in total. The number of carbonyl (C=O) groups excluding carboxylic acids is 2. The monoisotopic (exact) mass is 368 g/mol. The van der Waals surface area contributed by atoms with Gasteiger partial charge in [-0.25, -0.2) is 4.39 Å². The van der Waals surface area contributed by atoms with Crippen LogP contribution in [0.25, 0.3) is 10.4 Å². The van der Waals surface area contributed by atoms with Crippen molar-refractivity contribution in [2.75, 3.05) is 0 Å². The Morgan fingerprint density at radius 1 is 1.00 bits per heavy atom. The molecule has 1 aromatic heterocycles. The summed E-state index contributed by atoms with van der Waals surface area (Å²) in [6, 6.07) is 14.9. The van der Waals surface area contributed by atoms with Crippen LogP contribution in [0.5, 0.6) is 5.75 Å². The first-order chi connectivity index (χ1) is 12.6. The summed E-state index contributed by atoms with van der Waals surface area (Å²) < 4.78 is 19.3. The predicted octanol–water partition coefficient (Wildman–Crippen LogP) is 3.52. The number of carbonyl (C=O) groups is 2. The van der Waals surface area contributed by atoms with Crippen LogP contribution in [0.15, 0.2) is 54.6 Å². The van der Waals surface area contributed by atoms with Crippen LogP contribution < -0.4 is 15.6 Å². The Kier molecular flexibility index (Phi) is 4.14. The predicted molar refractivity (Wildman–Crippen MR) is 95.4 cm³/mol. The molecule has 7 heteroatoms. The fraction of sp³-hybridized carbons (Fsp3) is 0.0526. The summed E-state index contributed by atoms with van der Waals surface area (Å²) in [7, 11) is 0. The second kappa shape index (κ2) is 6.61. The number of amides is 2. The van der Waals surface area contributed by atoms with Gasteiger partial charge in [0.05, 0.1) is 10.4 Å². The van der Waals surface area contributed by atoms with Crippen LogP contribution in [0.3, 0.4) is 0 Å². The molecule has 130 valence electrons. The molecule has 0 unspecified atom stereocenters. The van der Waals surface area contributed by atoms with Crippen LogP contribution in [0.2, 0.25) is 0 Å². The van der Waals surface area contributed by atoms with E-state index in [1.54, 1.807) is 12.1 Å². The van der Waals surface area contributed by atoms with Gasteiger partial charge in [-0.3, -0.25) is 20.4 Å². The Morgan fingerprint density at radius 3 is 2.58 bits per heavy atom. The molecule has 0 aliphatic carbocycles. The molecule has 0 saturated carbocycles. The summed E-state index contributed by atoms with van der Waals surface area (Å²) in [5.41, 5.74) is 6.27. The molecule has 1 aliphatic rings. The molecule has 0 spiro atoms. The number of hydrogen-bond acceptors (Lipinski definition) is 4. The molecule has 0 atom stereocenters. The lowest BCUT2D eigenvalue weighted by atomic mass is 10.1. The summed E-state index contributed by atoms with van der Waals surface area (Å²) in [4.78, 5) is 25.7. The molecule has 0 fully saturated rings. The molecule has 0 bridgehead atoms. The van der Waals surface area contributed by atoms with Gasteiger partial charge in [-0.1, -0.05) is 24.3 Å². The molecule has 2 amide bonds. The number of thiophene rings is 1. The fourth-order valence-electron chi connectivity index (χ4n) is 2.70. The van der Waals surface area contributed by atoms with Gasteiger partial charge >= 0.3 is 0 Å². The number of nitrogens with one attached hydrogen (secondary N) is 2. The summed E-state index contributed by atoms with van der Waals surface area (Å²) in [5, 5.41) is 0. The van der Waals surface area contributed by atoms with Crippen molar-refractivity contribution in [2.24, 2.45) is 0 Å². The quantitative estimate of drug-likeness (QED) is 0.680. The van der Waals surface area contributed by atoms with Crippen LogP contribution in [0.1, 0.15) is 25.6 Å². The van der Waals surface area contributed by atoms with E-state index in [0.29, 0.717) is 11.5 Å². The van der Waals surface area contributed by atoms with Crippen molar-refractivity contribution in [3.05, 3.63) is 76.4 Å². The molecule has 5 nitrogen and oxygen atoms in total. The Labute approximate surface area is 152 Å². The Bertz CT molecular complexity index is 1020. The number of fused-ring (bicyclic) bond motifs is 3. The highest BCUT2D eigenvalue weighted by Gasteiger charge is 2.22. The summed E-state index contributed by atoms with van der Waals surface area (Å²) >= 11 is 1.32. The normalized spacial score (nSPS) is 11.7. The topological polar surface area (TPSA) is 67.4 Å². The largest absolute Gasteiger partial charge is 0.488 e. The first-order valence-electron chi connectivity index (χ1n) is 7.83. The SMILES string of the molecule is O=C(NNC(=O)c1ccccc1F)c1cc2c(s1)-c1ccccc1OC2. The van der Waals surface area contributed by atoms with E-state index in [2.05, 4.69) is 10.9 Å². The number of ether oxygens (including phenoxy) is 1. The van der Waals surface area contributed by atoms with Crippen molar-refractivity contribution in [2.45, 2.75) is 6.61 Å². The van der Waals surface area contributed by atoms with Gasteiger partial charge in [0, 0.05) is 16.0 Å². The summed E-state index contributed by atoms with van der Waals surface area (Å²) in [6.45, 7) is 0.387. The van der Waals surface area contributed by atoms with Crippen molar-refractivity contribution in [1.82, 2.24) is 10.9 Å². The second-order valence-corrected chi connectivity index (χ2v) is 6.69. The van der Waals surface area contributed by atoms with Gasteiger partial charge in [0.2, 0.25) is 0 Å². The molecule has 4 rings (SSSR count). The van der Waals surface area contributed by atoms with E-state index in [4.69, 9.17) is 4.74 Å². The van der Waals surface area contributed by atoms with Crippen LogP contribution in [0, 0.1) is 5.82 Å². The average Bonchev–Trinajstić information content (AvgIpc) is 3.11. The first kappa shape index (κ1) is 16.3. The highest BCUT2D eigenvalue weighted by atomic mass is 32.1. The fourth-order valence-corrected chi connectivity index (χ4v) is 3.79. The van der Waals surface area contributed by atoms with E-state index in [9.17, 15) is 14.0 Å². The zero-order valence-corrected chi connectivity index (χ0v) is 14.2. The lowest BCUT2D eigenvalue weighted by Gasteiger charge is -2.16. The second-order valence-electron chi connectivity index (χ2n) is 5.64. The van der Waals surface area contributed by atoms with Crippen LogP contribution >= 0.6 is 11.3 Å². The zero-order valence-electron chi connectivity index (χ0n) is 13.4. The number of rotatable bonds is 2. The first-order valence-corrected chi connectivity index (χ1v) is 8.65. The number of benzene rings is 2. The van der Waals surface area contributed by atoms with Gasteiger partial charge in [-0.15, -0.1) is 11.3 Å². The minimum absolute atomic E-state index is 0.138. The van der Waals surface area contributed by atoms with Gasteiger partial charge in [0.25, 0.3) is 11.8 Å². The van der Waals surface area contributed by atoms with Gasteiger partial charge in [-0.2, -0.15) is 0 Å². The van der Waals surface area contributed by atoms with E-state index >= 15 is 0 Å².